The van der Waals surface area contributed by atoms with Crippen LogP contribution in [-0.4, -0.2) is 10.8 Å². The van der Waals surface area contributed by atoms with Crippen LogP contribution in [0.25, 0.3) is 0 Å². The summed E-state index contributed by atoms with van der Waals surface area (Å²) in [5, 5.41) is 0.650. The fourth-order valence-electron chi connectivity index (χ4n) is 8.23. The molecule has 154 valence electrons. The highest BCUT2D eigenvalue weighted by atomic mass is 31.1. The fourth-order valence-corrected chi connectivity index (χ4v) is 12.4. The van der Waals surface area contributed by atoms with E-state index in [2.05, 4.69) is 44.2 Å². The zero-order valence-corrected chi connectivity index (χ0v) is 19.2. The lowest BCUT2D eigenvalue weighted by molar-refractivity contribution is 0.141. The highest BCUT2D eigenvalue weighted by Gasteiger charge is 2.49. The lowest BCUT2D eigenvalue weighted by atomic mass is 9.68. The van der Waals surface area contributed by atoms with Gasteiger partial charge in [0.25, 0.3) is 0 Å². The van der Waals surface area contributed by atoms with Gasteiger partial charge in [0.15, 0.2) is 0 Å². The standard InChI is InChI=1S/C27H41P/c1-20-13-22-11-12-26(25(14-20)16-22)28(19-21-7-4-3-5-8-21)27(2)17-23-9-6-10-24(15-23)18-27/h3-5,7-8,20,22-26H,6,9-19H2,1-2H3. The molecule has 4 bridgehead atoms. The molecule has 0 amide bonds. The third kappa shape index (κ3) is 3.97. The van der Waals surface area contributed by atoms with E-state index in [-0.39, 0.29) is 7.92 Å². The van der Waals surface area contributed by atoms with E-state index in [1.165, 1.54) is 38.3 Å². The van der Waals surface area contributed by atoms with Crippen LogP contribution in [-0.2, 0) is 6.16 Å². The molecule has 4 saturated carbocycles. The van der Waals surface area contributed by atoms with Crippen molar-refractivity contribution in [2.24, 2.45) is 29.6 Å². The Balaban J connectivity index is 1.44. The second kappa shape index (κ2) is 8.06. The summed E-state index contributed by atoms with van der Waals surface area (Å²) < 4.78 is 0. The molecular weight excluding hydrogens is 355 g/mol. The van der Waals surface area contributed by atoms with Gasteiger partial charge in [0, 0.05) is 0 Å². The lowest BCUT2D eigenvalue weighted by Gasteiger charge is -2.55. The quantitative estimate of drug-likeness (QED) is 0.449. The van der Waals surface area contributed by atoms with E-state index in [0.29, 0.717) is 5.16 Å². The molecule has 0 heterocycles. The van der Waals surface area contributed by atoms with Gasteiger partial charge in [-0.1, -0.05) is 71.4 Å². The van der Waals surface area contributed by atoms with Gasteiger partial charge in [-0.2, -0.15) is 0 Å². The van der Waals surface area contributed by atoms with Gasteiger partial charge >= 0.3 is 0 Å². The van der Waals surface area contributed by atoms with E-state index in [1.54, 1.807) is 44.1 Å². The monoisotopic (exact) mass is 396 g/mol. The molecule has 1 aromatic carbocycles. The first-order valence-corrected chi connectivity index (χ1v) is 14.0. The number of rotatable bonds is 4. The summed E-state index contributed by atoms with van der Waals surface area (Å²) in [5.74, 6) is 5.21. The second-order valence-electron chi connectivity index (χ2n) is 11.5. The molecule has 5 rings (SSSR count). The van der Waals surface area contributed by atoms with Crippen molar-refractivity contribution in [1.82, 2.24) is 0 Å². The fraction of sp³-hybridized carbons (Fsp3) is 0.778. The first kappa shape index (κ1) is 19.6. The average Bonchev–Trinajstić information content (AvgIpc) is 2.67. The summed E-state index contributed by atoms with van der Waals surface area (Å²) >= 11 is 0. The maximum absolute atomic E-state index is 2.77. The number of fused-ring (bicyclic) bond motifs is 4. The third-order valence-corrected chi connectivity index (χ3v) is 13.1. The van der Waals surface area contributed by atoms with Gasteiger partial charge in [-0.3, -0.25) is 0 Å². The van der Waals surface area contributed by atoms with Crippen molar-refractivity contribution in [1.29, 1.82) is 0 Å². The molecule has 0 N–H and O–H groups in total. The van der Waals surface area contributed by atoms with Crippen LogP contribution in [0, 0.1) is 29.6 Å². The molecule has 0 spiro atoms. The predicted molar refractivity (Wildman–Crippen MR) is 123 cm³/mol. The Kier molecular flexibility index (Phi) is 5.64. The summed E-state index contributed by atoms with van der Waals surface area (Å²) in [5.41, 5.74) is 2.69. The molecule has 0 radical (unpaired) electrons. The Bertz CT molecular complexity index is 637. The van der Waals surface area contributed by atoms with Crippen molar-refractivity contribution in [3.63, 3.8) is 0 Å². The highest BCUT2D eigenvalue weighted by molar-refractivity contribution is 7.59. The smallest absolute Gasteiger partial charge is 0.00656 e. The van der Waals surface area contributed by atoms with E-state index in [1.807, 2.05) is 0 Å². The second-order valence-corrected chi connectivity index (χ2v) is 14.5. The van der Waals surface area contributed by atoms with Gasteiger partial charge in [0.2, 0.25) is 0 Å². The van der Waals surface area contributed by atoms with Gasteiger partial charge in [-0.05, 0) is 103 Å². The van der Waals surface area contributed by atoms with Crippen LogP contribution in [0.2, 0.25) is 0 Å². The van der Waals surface area contributed by atoms with E-state index in [4.69, 9.17) is 0 Å². The van der Waals surface area contributed by atoms with Crippen LogP contribution in [0.4, 0.5) is 0 Å². The summed E-state index contributed by atoms with van der Waals surface area (Å²) in [6.07, 6.45) is 18.4. The molecule has 28 heavy (non-hydrogen) atoms. The summed E-state index contributed by atoms with van der Waals surface area (Å²) in [6.45, 7) is 5.32. The summed E-state index contributed by atoms with van der Waals surface area (Å²) in [6, 6.07) is 11.6. The number of hydrogen-bond donors (Lipinski definition) is 0. The lowest BCUT2D eigenvalue weighted by Crippen LogP contribution is -2.43. The number of benzene rings is 1. The van der Waals surface area contributed by atoms with Crippen molar-refractivity contribution < 1.29 is 0 Å². The largest absolute Gasteiger partial charge is 0.0926 e. The van der Waals surface area contributed by atoms with E-state index < -0.39 is 0 Å². The van der Waals surface area contributed by atoms with Gasteiger partial charge in [-0.25, -0.2) is 0 Å². The minimum absolute atomic E-state index is 0.0703. The predicted octanol–water partition coefficient (Wildman–Crippen LogP) is 8.24. The maximum Gasteiger partial charge on any atom is -0.00656 e. The highest BCUT2D eigenvalue weighted by Crippen LogP contribution is 2.68. The van der Waals surface area contributed by atoms with E-state index >= 15 is 0 Å². The number of hydrogen-bond acceptors (Lipinski definition) is 0. The molecule has 1 aromatic rings. The normalized spacial score (nSPS) is 44.1. The van der Waals surface area contributed by atoms with Crippen molar-refractivity contribution in [2.75, 3.05) is 0 Å². The molecule has 0 aromatic heterocycles. The molecule has 7 atom stereocenters. The minimum atomic E-state index is 0.0703. The Morgan fingerprint density at radius 2 is 1.61 bits per heavy atom. The van der Waals surface area contributed by atoms with E-state index in [0.717, 1.165) is 35.2 Å². The Morgan fingerprint density at radius 1 is 0.857 bits per heavy atom. The van der Waals surface area contributed by atoms with Crippen molar-refractivity contribution in [2.45, 2.75) is 101 Å². The topological polar surface area (TPSA) is 0 Å². The van der Waals surface area contributed by atoms with Crippen LogP contribution in [0.5, 0.6) is 0 Å². The first-order chi connectivity index (χ1) is 13.6. The van der Waals surface area contributed by atoms with Crippen LogP contribution in [0.15, 0.2) is 30.3 Å². The van der Waals surface area contributed by atoms with E-state index in [9.17, 15) is 0 Å². The zero-order chi connectivity index (χ0) is 19.1. The maximum atomic E-state index is 2.77. The van der Waals surface area contributed by atoms with Crippen molar-refractivity contribution in [3.05, 3.63) is 35.9 Å². The molecule has 1 heteroatoms. The summed E-state index contributed by atoms with van der Waals surface area (Å²) in [7, 11) is 0.0703. The van der Waals surface area contributed by atoms with Crippen molar-refractivity contribution in [3.8, 4) is 0 Å². The molecule has 4 aliphatic carbocycles. The Labute approximate surface area is 175 Å². The third-order valence-electron chi connectivity index (χ3n) is 9.13. The van der Waals surface area contributed by atoms with Crippen LogP contribution in [0.3, 0.4) is 0 Å². The van der Waals surface area contributed by atoms with Gasteiger partial charge < -0.3 is 0 Å². The van der Waals surface area contributed by atoms with Gasteiger partial charge in [0.05, 0.1) is 0 Å². The van der Waals surface area contributed by atoms with Gasteiger partial charge in [-0.15, -0.1) is 0 Å². The molecule has 4 aliphatic rings. The SMILES string of the molecule is CC1CC2CCC(P(Cc3ccccc3)C3(C)CC4CCCC(C4)C3)C(C1)C2. The molecular formula is C27H41P. The first-order valence-electron chi connectivity index (χ1n) is 12.4. The van der Waals surface area contributed by atoms with Crippen LogP contribution in [0.1, 0.15) is 90.0 Å². The molecule has 7 unspecified atom stereocenters. The Morgan fingerprint density at radius 3 is 2.36 bits per heavy atom. The van der Waals surface area contributed by atoms with Crippen LogP contribution >= 0.6 is 7.92 Å². The van der Waals surface area contributed by atoms with Gasteiger partial charge in [0.1, 0.15) is 0 Å². The summed E-state index contributed by atoms with van der Waals surface area (Å²) in [4.78, 5) is 0. The molecule has 0 nitrogen and oxygen atoms in total. The molecule has 0 aliphatic heterocycles. The minimum Gasteiger partial charge on any atom is -0.0926 e. The Hall–Kier alpha value is -0.350. The van der Waals surface area contributed by atoms with Crippen LogP contribution < -0.4 is 0 Å². The molecule has 0 saturated heterocycles. The van der Waals surface area contributed by atoms with Crippen molar-refractivity contribution >= 4 is 7.92 Å². The average molecular weight is 397 g/mol. The molecule has 4 fully saturated rings. The zero-order valence-electron chi connectivity index (χ0n) is 18.3.